The van der Waals surface area contributed by atoms with Gasteiger partial charge in [0, 0.05) is 53.1 Å². The van der Waals surface area contributed by atoms with Crippen LogP contribution in [0.3, 0.4) is 0 Å². The van der Waals surface area contributed by atoms with Crippen LogP contribution in [-0.2, 0) is 5.41 Å². The zero-order valence-corrected chi connectivity index (χ0v) is 33.0. The molecule has 0 spiro atoms. The predicted molar refractivity (Wildman–Crippen MR) is 247 cm³/mol. The number of rotatable bonds is 5. The molecule has 0 saturated carbocycles. The molecule has 1 aliphatic carbocycles. The van der Waals surface area contributed by atoms with Gasteiger partial charge in [-0.05, 0) is 92.4 Å². The monoisotopic (exact) mass is 759 g/mol. The predicted octanol–water partition coefficient (Wildman–Crippen LogP) is 16.2. The lowest BCUT2D eigenvalue weighted by atomic mass is 9.79. The molecular weight excluding hydrogens is 723 g/mol. The molecule has 0 aliphatic heterocycles. The minimum Gasteiger partial charge on any atom is -0.453 e. The summed E-state index contributed by atoms with van der Waals surface area (Å²) in [4.78, 5) is 2.40. The molecule has 3 heteroatoms. The third kappa shape index (κ3) is 4.84. The Bertz CT molecular complexity index is 3460. The van der Waals surface area contributed by atoms with Crippen molar-refractivity contribution in [3.05, 3.63) is 199 Å². The highest BCUT2D eigenvalue weighted by Crippen LogP contribution is 2.53. The second kappa shape index (κ2) is 12.5. The molecule has 0 amide bonds. The van der Waals surface area contributed by atoms with Gasteiger partial charge in [0.05, 0.1) is 5.69 Å². The molecule has 0 N–H and O–H groups in total. The highest BCUT2D eigenvalue weighted by atomic mass is 32.1. The normalized spacial score (nSPS) is 13.1. The SMILES string of the molecule is CC1(C)c2ccccc2-c2cccc(-c3cccc(N(c4cccc(-c5cccc6c5sc5ccccc56)c4)c4cccc5c4oc4c6ccccc6ccc54)c3)c21. The summed E-state index contributed by atoms with van der Waals surface area (Å²) < 4.78 is 9.64. The summed E-state index contributed by atoms with van der Waals surface area (Å²) in [5.74, 6) is 0. The van der Waals surface area contributed by atoms with Crippen LogP contribution in [-0.4, -0.2) is 0 Å². The Hall–Kier alpha value is -6.94. The van der Waals surface area contributed by atoms with Gasteiger partial charge >= 0.3 is 0 Å². The van der Waals surface area contributed by atoms with Gasteiger partial charge in [0.25, 0.3) is 0 Å². The molecule has 2 aromatic heterocycles. The summed E-state index contributed by atoms with van der Waals surface area (Å²) in [6.07, 6.45) is 0. The molecule has 58 heavy (non-hydrogen) atoms. The molecule has 9 aromatic carbocycles. The summed E-state index contributed by atoms with van der Waals surface area (Å²) in [6, 6.07) is 68.8. The lowest BCUT2D eigenvalue weighted by Crippen LogP contribution is -2.16. The molecule has 12 rings (SSSR count). The van der Waals surface area contributed by atoms with Gasteiger partial charge in [-0.3, -0.25) is 0 Å². The molecule has 0 bridgehead atoms. The summed E-state index contributed by atoms with van der Waals surface area (Å²) in [6.45, 7) is 4.73. The fourth-order valence-corrected chi connectivity index (χ4v) is 11.0. The van der Waals surface area contributed by atoms with Crippen LogP contribution < -0.4 is 4.90 Å². The maximum atomic E-state index is 7.03. The number of hydrogen-bond donors (Lipinski definition) is 0. The summed E-state index contributed by atoms with van der Waals surface area (Å²) >= 11 is 1.87. The number of benzene rings is 9. The van der Waals surface area contributed by atoms with E-state index in [2.05, 4.69) is 207 Å². The first-order valence-corrected chi connectivity index (χ1v) is 20.8. The third-order valence-corrected chi connectivity index (χ3v) is 13.6. The standard InChI is InChI=1S/C55H37NOS/c1-55(2)48-27-7-5-20-42(48)44-24-11-22-39(51(44)55)35-15-9-17-37(32-35)56(49-28-13-25-45-46-31-30-34-14-3-4-19-40(34)52(46)57-53(45)49)38-18-10-16-36(33-38)41-23-12-26-47-43-21-6-8-29-50(43)58-54(41)47/h3-33H,1-2H3. The molecule has 2 heterocycles. The maximum absolute atomic E-state index is 7.03. The summed E-state index contributed by atoms with van der Waals surface area (Å²) in [5.41, 5.74) is 15.1. The van der Waals surface area contributed by atoms with E-state index in [1.54, 1.807) is 0 Å². The van der Waals surface area contributed by atoms with E-state index in [9.17, 15) is 0 Å². The number of nitrogens with zero attached hydrogens (tertiary/aromatic N) is 1. The summed E-state index contributed by atoms with van der Waals surface area (Å²) in [5, 5.41) is 7.12. The van der Waals surface area contributed by atoms with E-state index in [-0.39, 0.29) is 5.41 Å². The Morgan fingerprint density at radius 3 is 1.91 bits per heavy atom. The molecule has 0 saturated heterocycles. The van der Waals surface area contributed by atoms with Crippen LogP contribution in [0.1, 0.15) is 25.0 Å². The maximum Gasteiger partial charge on any atom is 0.159 e. The number of anilines is 3. The highest BCUT2D eigenvalue weighted by Gasteiger charge is 2.37. The molecule has 11 aromatic rings. The van der Waals surface area contributed by atoms with Crippen molar-refractivity contribution in [2.45, 2.75) is 19.3 Å². The minimum atomic E-state index is -0.136. The zero-order chi connectivity index (χ0) is 38.5. The van der Waals surface area contributed by atoms with E-state index in [0.29, 0.717) is 0 Å². The molecule has 0 fully saturated rings. The van der Waals surface area contributed by atoms with Gasteiger partial charge < -0.3 is 9.32 Å². The molecule has 0 atom stereocenters. The molecule has 274 valence electrons. The Morgan fingerprint density at radius 2 is 1.05 bits per heavy atom. The first kappa shape index (κ1) is 33.2. The van der Waals surface area contributed by atoms with Crippen molar-refractivity contribution in [2.75, 3.05) is 4.90 Å². The fourth-order valence-electron chi connectivity index (χ4n) is 9.80. The van der Waals surface area contributed by atoms with Gasteiger partial charge in [0.1, 0.15) is 5.58 Å². The van der Waals surface area contributed by atoms with Crippen LogP contribution in [0.15, 0.2) is 192 Å². The molecule has 0 unspecified atom stereocenters. The van der Waals surface area contributed by atoms with Gasteiger partial charge in [-0.2, -0.15) is 0 Å². The Morgan fingerprint density at radius 1 is 0.448 bits per heavy atom. The zero-order valence-electron chi connectivity index (χ0n) is 32.2. The van der Waals surface area contributed by atoms with E-state index in [1.807, 2.05) is 11.3 Å². The molecule has 1 aliphatic rings. The van der Waals surface area contributed by atoms with E-state index in [1.165, 1.54) is 70.1 Å². The molecular formula is C55H37NOS. The smallest absolute Gasteiger partial charge is 0.159 e. The second-order valence-electron chi connectivity index (χ2n) is 16.0. The van der Waals surface area contributed by atoms with Crippen molar-refractivity contribution in [3.63, 3.8) is 0 Å². The van der Waals surface area contributed by atoms with Crippen LogP contribution in [0.5, 0.6) is 0 Å². The van der Waals surface area contributed by atoms with Crippen LogP contribution in [0, 0.1) is 0 Å². The molecule has 2 nitrogen and oxygen atoms in total. The van der Waals surface area contributed by atoms with Gasteiger partial charge in [0.15, 0.2) is 5.58 Å². The van der Waals surface area contributed by atoms with E-state index in [0.717, 1.165) is 44.4 Å². The van der Waals surface area contributed by atoms with Crippen molar-refractivity contribution < 1.29 is 4.42 Å². The van der Waals surface area contributed by atoms with Crippen LogP contribution in [0.4, 0.5) is 17.1 Å². The van der Waals surface area contributed by atoms with E-state index in [4.69, 9.17) is 4.42 Å². The Labute approximate surface area is 340 Å². The topological polar surface area (TPSA) is 16.4 Å². The minimum absolute atomic E-state index is 0.136. The van der Waals surface area contributed by atoms with Crippen LogP contribution in [0.25, 0.3) is 86.3 Å². The summed E-state index contributed by atoms with van der Waals surface area (Å²) in [7, 11) is 0. The number of thiophene rings is 1. The van der Waals surface area contributed by atoms with Crippen molar-refractivity contribution in [1.82, 2.24) is 0 Å². The van der Waals surface area contributed by atoms with Gasteiger partial charge in [0.2, 0.25) is 0 Å². The lowest BCUT2D eigenvalue weighted by molar-refractivity contribution is 0.662. The fraction of sp³-hybridized carbons (Fsp3) is 0.0545. The first-order valence-electron chi connectivity index (χ1n) is 20.0. The van der Waals surface area contributed by atoms with Crippen molar-refractivity contribution in [1.29, 1.82) is 0 Å². The number of furan rings is 1. The largest absolute Gasteiger partial charge is 0.453 e. The Kier molecular flexibility index (Phi) is 7.18. The van der Waals surface area contributed by atoms with E-state index >= 15 is 0 Å². The second-order valence-corrected chi connectivity index (χ2v) is 17.1. The van der Waals surface area contributed by atoms with Crippen molar-refractivity contribution in [2.24, 2.45) is 0 Å². The Balaban J connectivity index is 1.09. The quantitative estimate of drug-likeness (QED) is 0.174. The average Bonchev–Trinajstić information content (AvgIpc) is 3.93. The van der Waals surface area contributed by atoms with Crippen LogP contribution >= 0.6 is 11.3 Å². The van der Waals surface area contributed by atoms with Crippen molar-refractivity contribution >= 4 is 81.3 Å². The molecule has 0 radical (unpaired) electrons. The van der Waals surface area contributed by atoms with E-state index < -0.39 is 0 Å². The highest BCUT2D eigenvalue weighted by molar-refractivity contribution is 7.26. The lowest BCUT2D eigenvalue weighted by Gasteiger charge is -2.28. The van der Waals surface area contributed by atoms with Crippen molar-refractivity contribution in [3.8, 4) is 33.4 Å². The van der Waals surface area contributed by atoms with Gasteiger partial charge in [-0.15, -0.1) is 11.3 Å². The third-order valence-electron chi connectivity index (χ3n) is 12.4. The van der Waals surface area contributed by atoms with Gasteiger partial charge in [-0.1, -0.05) is 159 Å². The number of para-hydroxylation sites is 1. The number of hydrogen-bond acceptors (Lipinski definition) is 3. The number of fused-ring (bicyclic) bond motifs is 11. The average molecular weight is 760 g/mol. The van der Waals surface area contributed by atoms with Crippen LogP contribution in [0.2, 0.25) is 0 Å². The first-order chi connectivity index (χ1) is 28.5. The van der Waals surface area contributed by atoms with Gasteiger partial charge in [-0.25, -0.2) is 0 Å².